The molecular weight excluding hydrogens is 240 g/mol. The molecule has 0 amide bonds. The van der Waals surface area contributed by atoms with Gasteiger partial charge in [0.25, 0.3) is 0 Å². The van der Waals surface area contributed by atoms with Gasteiger partial charge in [0.15, 0.2) is 6.29 Å². The highest BCUT2D eigenvalue weighted by Crippen LogP contribution is 2.10. The van der Waals surface area contributed by atoms with Crippen LogP contribution in [-0.4, -0.2) is 33.1 Å². The molecule has 13 heavy (non-hydrogen) atoms. The van der Waals surface area contributed by atoms with E-state index in [0.29, 0.717) is 11.1 Å². The standard InChI is InChI=1S/C8H13BrO4/c1-4-13-8(10)6(9)5-7(11-2)12-3/h5,7H,4H2,1-3H3/b6-5+. The normalized spacial score (nSPS) is 11.9. The smallest absolute Gasteiger partial charge is 0.345 e. The zero-order valence-corrected chi connectivity index (χ0v) is 9.46. The lowest BCUT2D eigenvalue weighted by Crippen LogP contribution is -2.12. The van der Waals surface area contributed by atoms with Crippen LogP contribution in [0.15, 0.2) is 10.6 Å². The lowest BCUT2D eigenvalue weighted by Gasteiger charge is -2.08. The monoisotopic (exact) mass is 252 g/mol. The third-order valence-electron chi connectivity index (χ3n) is 1.22. The Morgan fingerprint density at radius 2 is 2.00 bits per heavy atom. The summed E-state index contributed by atoms with van der Waals surface area (Å²) in [5.74, 6) is -0.429. The van der Waals surface area contributed by atoms with Gasteiger partial charge in [-0.25, -0.2) is 4.79 Å². The summed E-state index contributed by atoms with van der Waals surface area (Å²) in [4.78, 5) is 11.1. The van der Waals surface area contributed by atoms with Crippen molar-refractivity contribution in [1.82, 2.24) is 0 Å². The molecule has 0 aliphatic heterocycles. The molecule has 0 radical (unpaired) electrons. The van der Waals surface area contributed by atoms with Gasteiger partial charge >= 0.3 is 5.97 Å². The van der Waals surface area contributed by atoms with Gasteiger partial charge in [-0.3, -0.25) is 0 Å². The number of esters is 1. The first kappa shape index (κ1) is 12.6. The molecule has 0 aromatic heterocycles. The summed E-state index contributed by atoms with van der Waals surface area (Å²) < 4.78 is 14.7. The van der Waals surface area contributed by atoms with Crippen LogP contribution in [0.5, 0.6) is 0 Å². The summed E-state index contributed by atoms with van der Waals surface area (Å²) in [5.41, 5.74) is 0. The predicted molar refractivity (Wildman–Crippen MR) is 51.4 cm³/mol. The van der Waals surface area contributed by atoms with Crippen LogP contribution >= 0.6 is 15.9 Å². The summed E-state index contributed by atoms with van der Waals surface area (Å²) in [6.45, 7) is 2.08. The summed E-state index contributed by atoms with van der Waals surface area (Å²) in [6, 6.07) is 0. The zero-order valence-electron chi connectivity index (χ0n) is 7.87. The van der Waals surface area contributed by atoms with Crippen molar-refractivity contribution < 1.29 is 19.0 Å². The van der Waals surface area contributed by atoms with Crippen molar-refractivity contribution in [2.75, 3.05) is 20.8 Å². The Balaban J connectivity index is 4.20. The van der Waals surface area contributed by atoms with E-state index in [2.05, 4.69) is 15.9 Å². The Kier molecular flexibility index (Phi) is 6.84. The van der Waals surface area contributed by atoms with E-state index in [-0.39, 0.29) is 0 Å². The summed E-state index contributed by atoms with van der Waals surface area (Å²) >= 11 is 3.05. The minimum absolute atomic E-state index is 0.294. The highest BCUT2D eigenvalue weighted by atomic mass is 79.9. The SMILES string of the molecule is CCOC(=O)/C(Br)=C\C(OC)OC. The minimum atomic E-state index is -0.543. The molecule has 0 aliphatic rings. The van der Waals surface area contributed by atoms with Gasteiger partial charge in [0.1, 0.15) is 4.48 Å². The van der Waals surface area contributed by atoms with Crippen molar-refractivity contribution in [2.45, 2.75) is 13.2 Å². The molecule has 0 unspecified atom stereocenters. The molecule has 0 rings (SSSR count). The molecule has 0 atom stereocenters. The van der Waals surface area contributed by atoms with Crippen molar-refractivity contribution in [3.8, 4) is 0 Å². The van der Waals surface area contributed by atoms with Gasteiger partial charge in [0.2, 0.25) is 0 Å². The first-order valence-electron chi connectivity index (χ1n) is 3.75. The largest absolute Gasteiger partial charge is 0.462 e. The second-order valence-electron chi connectivity index (χ2n) is 2.07. The molecule has 0 saturated carbocycles. The van der Waals surface area contributed by atoms with Gasteiger partial charge in [-0.2, -0.15) is 0 Å². The highest BCUT2D eigenvalue weighted by Gasteiger charge is 2.09. The van der Waals surface area contributed by atoms with Gasteiger partial charge in [0.05, 0.1) is 6.61 Å². The number of carbonyl (C=O) groups excluding carboxylic acids is 1. The van der Waals surface area contributed by atoms with E-state index in [4.69, 9.17) is 14.2 Å². The minimum Gasteiger partial charge on any atom is -0.462 e. The second kappa shape index (κ2) is 7.06. The molecule has 0 fully saturated rings. The summed E-state index contributed by atoms with van der Waals surface area (Å²) in [7, 11) is 2.96. The second-order valence-corrected chi connectivity index (χ2v) is 2.93. The first-order valence-corrected chi connectivity index (χ1v) is 4.55. The average molecular weight is 253 g/mol. The molecule has 0 aliphatic carbocycles. The van der Waals surface area contributed by atoms with Crippen LogP contribution in [0, 0.1) is 0 Å². The number of halogens is 1. The quantitative estimate of drug-likeness (QED) is 0.422. The summed E-state index contributed by atoms with van der Waals surface area (Å²) in [6.07, 6.45) is 0.941. The van der Waals surface area contributed by atoms with Crippen molar-refractivity contribution in [3.05, 3.63) is 10.6 Å². The van der Waals surface area contributed by atoms with Gasteiger partial charge in [-0.05, 0) is 28.9 Å². The van der Waals surface area contributed by atoms with Crippen LogP contribution in [-0.2, 0) is 19.0 Å². The highest BCUT2D eigenvalue weighted by molar-refractivity contribution is 9.12. The van der Waals surface area contributed by atoms with Crippen molar-refractivity contribution in [1.29, 1.82) is 0 Å². The van der Waals surface area contributed by atoms with E-state index in [1.54, 1.807) is 6.92 Å². The number of hydrogen-bond donors (Lipinski definition) is 0. The van der Waals surface area contributed by atoms with E-state index < -0.39 is 12.3 Å². The molecular formula is C8H13BrO4. The third-order valence-corrected chi connectivity index (χ3v) is 1.81. The molecule has 0 aromatic carbocycles. The topological polar surface area (TPSA) is 44.8 Å². The van der Waals surface area contributed by atoms with Gasteiger partial charge < -0.3 is 14.2 Å². The maximum Gasteiger partial charge on any atom is 0.345 e. The van der Waals surface area contributed by atoms with Crippen LogP contribution in [0.25, 0.3) is 0 Å². The molecule has 0 saturated heterocycles. The Labute approximate surface area is 86.0 Å². The Morgan fingerprint density at radius 3 is 2.38 bits per heavy atom. The van der Waals surface area contributed by atoms with Crippen LogP contribution in [0.1, 0.15) is 6.92 Å². The maximum absolute atomic E-state index is 11.1. The van der Waals surface area contributed by atoms with E-state index in [9.17, 15) is 4.79 Å². The van der Waals surface area contributed by atoms with Crippen molar-refractivity contribution in [3.63, 3.8) is 0 Å². The predicted octanol–water partition coefficient (Wildman–Crippen LogP) is 1.45. The van der Waals surface area contributed by atoms with E-state index in [0.717, 1.165) is 0 Å². The van der Waals surface area contributed by atoms with Crippen molar-refractivity contribution in [2.24, 2.45) is 0 Å². The molecule has 0 spiro atoms. The first-order chi connectivity index (χ1) is 6.15. The van der Waals surface area contributed by atoms with Gasteiger partial charge in [0, 0.05) is 14.2 Å². The molecule has 0 aromatic rings. The fourth-order valence-electron chi connectivity index (χ4n) is 0.620. The zero-order chi connectivity index (χ0) is 10.3. The Hall–Kier alpha value is -0.390. The molecule has 0 heterocycles. The fourth-order valence-corrected chi connectivity index (χ4v) is 0.950. The number of hydrogen-bond acceptors (Lipinski definition) is 4. The Morgan fingerprint density at radius 1 is 1.46 bits per heavy atom. The molecule has 4 nitrogen and oxygen atoms in total. The Bertz CT molecular complexity index is 187. The molecule has 76 valence electrons. The number of methoxy groups -OCH3 is 2. The van der Waals surface area contributed by atoms with Crippen LogP contribution < -0.4 is 0 Å². The molecule has 0 N–H and O–H groups in total. The lowest BCUT2D eigenvalue weighted by molar-refractivity contribution is -0.137. The van der Waals surface area contributed by atoms with Crippen LogP contribution in [0.4, 0.5) is 0 Å². The van der Waals surface area contributed by atoms with E-state index >= 15 is 0 Å². The molecule has 0 bridgehead atoms. The number of carbonyl (C=O) groups is 1. The summed E-state index contributed by atoms with van der Waals surface area (Å²) in [5, 5.41) is 0. The molecule has 5 heteroatoms. The van der Waals surface area contributed by atoms with Crippen LogP contribution in [0.2, 0.25) is 0 Å². The maximum atomic E-state index is 11.1. The van der Waals surface area contributed by atoms with Gasteiger partial charge in [-0.1, -0.05) is 0 Å². The van der Waals surface area contributed by atoms with Crippen molar-refractivity contribution >= 4 is 21.9 Å². The average Bonchev–Trinajstić information content (AvgIpc) is 2.14. The number of ether oxygens (including phenoxy) is 3. The third kappa shape index (κ3) is 5.02. The van der Waals surface area contributed by atoms with E-state index in [1.165, 1.54) is 20.3 Å². The fraction of sp³-hybridized carbons (Fsp3) is 0.625. The number of rotatable bonds is 5. The lowest BCUT2D eigenvalue weighted by atomic mass is 10.5. The van der Waals surface area contributed by atoms with Crippen LogP contribution in [0.3, 0.4) is 0 Å². The van der Waals surface area contributed by atoms with Gasteiger partial charge in [-0.15, -0.1) is 0 Å². The van der Waals surface area contributed by atoms with E-state index in [1.807, 2.05) is 0 Å².